The largest absolute Gasteiger partial charge is 0.307 e. The Morgan fingerprint density at radius 2 is 2.33 bits per heavy atom. The van der Waals surface area contributed by atoms with Gasteiger partial charge >= 0.3 is 0 Å². The van der Waals surface area contributed by atoms with E-state index in [1.807, 2.05) is 6.07 Å². The van der Waals surface area contributed by atoms with Crippen molar-refractivity contribution >= 4 is 15.9 Å². The molecule has 3 heteroatoms. The van der Waals surface area contributed by atoms with E-state index in [2.05, 4.69) is 28.2 Å². The molecule has 0 aliphatic carbocycles. The minimum atomic E-state index is -0.145. The summed E-state index contributed by atoms with van der Waals surface area (Å²) in [5.41, 5.74) is 0.658. The highest BCUT2D eigenvalue weighted by atomic mass is 79.9. The molecule has 0 amide bonds. The molecule has 0 spiro atoms. The van der Waals surface area contributed by atoms with Crippen molar-refractivity contribution in [3.05, 3.63) is 34.1 Å². The highest BCUT2D eigenvalue weighted by Gasteiger charge is 2.35. The SMILES string of the molecule is CCC1(c2cc(Br)ccc2F)CCCN1. The molecule has 1 unspecified atom stereocenters. The van der Waals surface area contributed by atoms with Crippen LogP contribution in [0.4, 0.5) is 4.39 Å². The monoisotopic (exact) mass is 271 g/mol. The maximum Gasteiger partial charge on any atom is 0.128 e. The molecule has 2 rings (SSSR count). The van der Waals surface area contributed by atoms with Crippen LogP contribution < -0.4 is 5.32 Å². The minimum Gasteiger partial charge on any atom is -0.307 e. The van der Waals surface area contributed by atoms with Gasteiger partial charge in [0.15, 0.2) is 0 Å². The second kappa shape index (κ2) is 4.22. The van der Waals surface area contributed by atoms with Crippen molar-refractivity contribution < 1.29 is 4.39 Å². The Hall–Kier alpha value is -0.410. The van der Waals surface area contributed by atoms with E-state index >= 15 is 0 Å². The zero-order valence-corrected chi connectivity index (χ0v) is 10.4. The van der Waals surface area contributed by atoms with Crippen LogP contribution in [0.15, 0.2) is 22.7 Å². The lowest BCUT2D eigenvalue weighted by Crippen LogP contribution is -2.36. The van der Waals surface area contributed by atoms with E-state index in [0.29, 0.717) is 0 Å². The summed E-state index contributed by atoms with van der Waals surface area (Å²) in [6.45, 7) is 3.10. The van der Waals surface area contributed by atoms with Gasteiger partial charge in [-0.05, 0) is 44.0 Å². The van der Waals surface area contributed by atoms with E-state index in [-0.39, 0.29) is 11.4 Å². The number of nitrogens with one attached hydrogen (secondary N) is 1. The van der Waals surface area contributed by atoms with Gasteiger partial charge in [0.1, 0.15) is 5.82 Å². The van der Waals surface area contributed by atoms with Crippen LogP contribution in [0.5, 0.6) is 0 Å². The Kier molecular flexibility index (Phi) is 3.12. The highest BCUT2D eigenvalue weighted by molar-refractivity contribution is 9.10. The van der Waals surface area contributed by atoms with Gasteiger partial charge in [0.2, 0.25) is 0 Å². The molecule has 15 heavy (non-hydrogen) atoms. The predicted molar refractivity (Wildman–Crippen MR) is 63.3 cm³/mol. The summed E-state index contributed by atoms with van der Waals surface area (Å²) >= 11 is 3.40. The van der Waals surface area contributed by atoms with Gasteiger partial charge in [0.05, 0.1) is 0 Å². The van der Waals surface area contributed by atoms with Gasteiger partial charge < -0.3 is 5.32 Å². The Labute approximate surface area is 98.2 Å². The fourth-order valence-electron chi connectivity index (χ4n) is 2.39. The first kappa shape index (κ1) is 11.1. The van der Waals surface area contributed by atoms with E-state index in [1.54, 1.807) is 6.07 Å². The summed E-state index contributed by atoms with van der Waals surface area (Å²) in [6, 6.07) is 5.19. The molecule has 0 saturated carbocycles. The molecule has 1 aliphatic rings. The number of rotatable bonds is 2. The molecule has 1 N–H and O–H groups in total. The van der Waals surface area contributed by atoms with Crippen molar-refractivity contribution in [2.45, 2.75) is 31.7 Å². The summed E-state index contributed by atoms with van der Waals surface area (Å²) < 4.78 is 14.7. The first-order valence-electron chi connectivity index (χ1n) is 5.38. The molecule has 1 atom stereocenters. The van der Waals surface area contributed by atoms with Crippen molar-refractivity contribution in [1.82, 2.24) is 5.32 Å². The second-order valence-electron chi connectivity index (χ2n) is 4.09. The van der Waals surface area contributed by atoms with E-state index in [4.69, 9.17) is 0 Å². The van der Waals surface area contributed by atoms with Gasteiger partial charge in [-0.25, -0.2) is 4.39 Å². The molecule has 1 aliphatic heterocycles. The van der Waals surface area contributed by atoms with Crippen LogP contribution in [-0.4, -0.2) is 6.54 Å². The Bertz CT molecular complexity index is 359. The quantitative estimate of drug-likeness (QED) is 0.867. The second-order valence-corrected chi connectivity index (χ2v) is 5.01. The van der Waals surface area contributed by atoms with Crippen LogP contribution >= 0.6 is 15.9 Å². The van der Waals surface area contributed by atoms with Gasteiger partial charge in [-0.1, -0.05) is 22.9 Å². The van der Waals surface area contributed by atoms with Gasteiger partial charge in [0.25, 0.3) is 0 Å². The molecule has 1 aromatic rings. The number of hydrogen-bond donors (Lipinski definition) is 1. The van der Waals surface area contributed by atoms with Crippen molar-refractivity contribution in [3.63, 3.8) is 0 Å². The third-order valence-electron chi connectivity index (χ3n) is 3.29. The lowest BCUT2D eigenvalue weighted by molar-refractivity contribution is 0.359. The van der Waals surface area contributed by atoms with Crippen LogP contribution in [0, 0.1) is 5.82 Å². The molecule has 82 valence electrons. The van der Waals surface area contributed by atoms with Crippen molar-refractivity contribution in [1.29, 1.82) is 0 Å². The van der Waals surface area contributed by atoms with Crippen LogP contribution in [0.2, 0.25) is 0 Å². The number of hydrogen-bond acceptors (Lipinski definition) is 1. The zero-order valence-electron chi connectivity index (χ0n) is 8.82. The fraction of sp³-hybridized carbons (Fsp3) is 0.500. The third kappa shape index (κ3) is 1.95. The van der Waals surface area contributed by atoms with Crippen molar-refractivity contribution in [3.8, 4) is 0 Å². The van der Waals surface area contributed by atoms with Crippen molar-refractivity contribution in [2.75, 3.05) is 6.54 Å². The predicted octanol–water partition coefficient (Wildman–Crippen LogP) is 3.58. The lowest BCUT2D eigenvalue weighted by Gasteiger charge is -2.29. The van der Waals surface area contributed by atoms with Crippen molar-refractivity contribution in [2.24, 2.45) is 0 Å². The standard InChI is InChI=1S/C12H15BrFN/c1-2-12(6-3-7-15-12)10-8-9(13)4-5-11(10)14/h4-5,8,15H,2-3,6-7H2,1H3. The molecular weight excluding hydrogens is 257 g/mol. The summed E-state index contributed by atoms with van der Waals surface area (Å²) in [6.07, 6.45) is 3.08. The van der Waals surface area contributed by atoms with Crippen LogP contribution in [0.3, 0.4) is 0 Å². The van der Waals surface area contributed by atoms with Gasteiger partial charge in [0, 0.05) is 15.6 Å². The summed E-state index contributed by atoms with van der Waals surface area (Å²) in [5, 5.41) is 3.44. The topological polar surface area (TPSA) is 12.0 Å². The van der Waals surface area contributed by atoms with Crippen LogP contribution in [0.1, 0.15) is 31.7 Å². The molecule has 1 nitrogen and oxygen atoms in total. The smallest absolute Gasteiger partial charge is 0.128 e. The van der Waals surface area contributed by atoms with E-state index in [9.17, 15) is 4.39 Å². The summed E-state index contributed by atoms with van der Waals surface area (Å²) in [4.78, 5) is 0. The van der Waals surface area contributed by atoms with Crippen LogP contribution in [0.25, 0.3) is 0 Å². The maximum atomic E-state index is 13.8. The molecule has 1 heterocycles. The average molecular weight is 272 g/mol. The van der Waals surface area contributed by atoms with Gasteiger partial charge in [-0.2, -0.15) is 0 Å². The Morgan fingerprint density at radius 1 is 1.53 bits per heavy atom. The van der Waals surface area contributed by atoms with Gasteiger partial charge in [-0.3, -0.25) is 0 Å². The molecule has 1 fully saturated rings. The fourth-order valence-corrected chi connectivity index (χ4v) is 2.75. The van der Waals surface area contributed by atoms with E-state index in [1.165, 1.54) is 6.07 Å². The summed E-state index contributed by atoms with van der Waals surface area (Å²) in [7, 11) is 0. The molecule has 1 aromatic carbocycles. The zero-order chi connectivity index (χ0) is 10.9. The highest BCUT2D eigenvalue weighted by Crippen LogP contribution is 2.36. The number of halogens is 2. The third-order valence-corrected chi connectivity index (χ3v) is 3.78. The Balaban J connectivity index is 2.46. The maximum absolute atomic E-state index is 13.8. The molecule has 0 radical (unpaired) electrons. The molecule has 0 aromatic heterocycles. The normalized spacial score (nSPS) is 25.8. The molecular formula is C12H15BrFN. The first-order chi connectivity index (χ1) is 7.18. The summed E-state index contributed by atoms with van der Waals surface area (Å²) in [5.74, 6) is -0.102. The minimum absolute atomic E-state index is 0.102. The van der Waals surface area contributed by atoms with E-state index in [0.717, 1.165) is 35.8 Å². The van der Waals surface area contributed by atoms with Crippen LogP contribution in [-0.2, 0) is 5.54 Å². The van der Waals surface area contributed by atoms with Gasteiger partial charge in [-0.15, -0.1) is 0 Å². The number of benzene rings is 1. The van der Waals surface area contributed by atoms with E-state index < -0.39 is 0 Å². The first-order valence-corrected chi connectivity index (χ1v) is 6.18. The Morgan fingerprint density at radius 3 is 2.93 bits per heavy atom. The molecule has 1 saturated heterocycles. The molecule has 0 bridgehead atoms. The lowest BCUT2D eigenvalue weighted by atomic mass is 9.85. The average Bonchev–Trinajstić information content (AvgIpc) is 2.71.